The fourth-order valence-corrected chi connectivity index (χ4v) is 2.72. The zero-order chi connectivity index (χ0) is 13.9. The largest absolute Gasteiger partial charge is 0.323 e. The second-order valence-corrected chi connectivity index (χ2v) is 5.14. The Labute approximate surface area is 119 Å². The van der Waals surface area contributed by atoms with Gasteiger partial charge in [-0.15, -0.1) is 11.3 Å². The summed E-state index contributed by atoms with van der Waals surface area (Å²) in [6, 6.07) is 9.48. The van der Waals surface area contributed by atoms with Crippen molar-refractivity contribution in [2.45, 2.75) is 0 Å². The molecule has 6 heteroatoms. The summed E-state index contributed by atoms with van der Waals surface area (Å²) in [4.78, 5) is 16.2. The summed E-state index contributed by atoms with van der Waals surface area (Å²) in [6.07, 6.45) is 3.05. The monoisotopic (exact) mass is 284 g/mol. The number of fused-ring (bicyclic) bond motifs is 1. The summed E-state index contributed by atoms with van der Waals surface area (Å²) in [6.45, 7) is 0. The van der Waals surface area contributed by atoms with Crippen LogP contribution in [0.15, 0.2) is 48.1 Å². The number of thiophene rings is 1. The Kier molecular flexibility index (Phi) is 3.32. The minimum atomic E-state index is -0.249. The molecule has 0 saturated heterocycles. The van der Waals surface area contributed by atoms with Crippen molar-refractivity contribution in [3.05, 3.63) is 53.7 Å². The van der Waals surface area contributed by atoms with Gasteiger partial charge in [-0.2, -0.15) is 0 Å². The van der Waals surface area contributed by atoms with Gasteiger partial charge < -0.3 is 10.7 Å². The topological polar surface area (TPSA) is 80.0 Å². The van der Waals surface area contributed by atoms with E-state index >= 15 is 0 Å². The average molecular weight is 284 g/mol. The maximum absolute atomic E-state index is 12.2. The number of nitrogens with one attached hydrogen (secondary N) is 2. The molecule has 1 aromatic carbocycles. The number of amides is 1. The number of carbonyl (C=O) groups excluding carboxylic acids is 1. The van der Waals surface area contributed by atoms with Gasteiger partial charge in [0.2, 0.25) is 0 Å². The SMILES string of the molecule is NNc1ccncc1C(=O)Nc1ccc2sccc2c1. The van der Waals surface area contributed by atoms with Gasteiger partial charge in [-0.3, -0.25) is 15.6 Å². The number of nitrogens with zero attached hydrogens (tertiary/aromatic N) is 1. The van der Waals surface area contributed by atoms with Crippen molar-refractivity contribution in [1.29, 1.82) is 0 Å². The molecule has 0 fully saturated rings. The second kappa shape index (κ2) is 5.28. The van der Waals surface area contributed by atoms with E-state index in [1.54, 1.807) is 23.6 Å². The molecule has 0 radical (unpaired) electrons. The third-order valence-corrected chi connectivity index (χ3v) is 3.83. The molecule has 4 N–H and O–H groups in total. The van der Waals surface area contributed by atoms with E-state index in [0.29, 0.717) is 11.3 Å². The van der Waals surface area contributed by atoms with Gasteiger partial charge in [-0.25, -0.2) is 0 Å². The number of carbonyl (C=O) groups is 1. The van der Waals surface area contributed by atoms with Gasteiger partial charge in [0, 0.05) is 22.8 Å². The predicted molar refractivity (Wildman–Crippen MR) is 81.8 cm³/mol. The quantitative estimate of drug-likeness (QED) is 0.510. The summed E-state index contributed by atoms with van der Waals surface area (Å²) < 4.78 is 1.19. The van der Waals surface area contributed by atoms with Gasteiger partial charge >= 0.3 is 0 Å². The van der Waals surface area contributed by atoms with Crippen LogP contribution in [0.1, 0.15) is 10.4 Å². The minimum Gasteiger partial charge on any atom is -0.323 e. The molecule has 1 amide bonds. The van der Waals surface area contributed by atoms with Crippen LogP contribution in [0.2, 0.25) is 0 Å². The van der Waals surface area contributed by atoms with E-state index in [9.17, 15) is 4.79 Å². The molecule has 3 rings (SSSR count). The van der Waals surface area contributed by atoms with Crippen molar-refractivity contribution in [3.8, 4) is 0 Å². The number of anilines is 2. The van der Waals surface area contributed by atoms with Gasteiger partial charge in [-0.05, 0) is 41.1 Å². The molecule has 100 valence electrons. The molecule has 0 aliphatic carbocycles. The molecule has 5 nitrogen and oxygen atoms in total. The number of nitrogen functional groups attached to an aromatic ring is 1. The highest BCUT2D eigenvalue weighted by Crippen LogP contribution is 2.24. The lowest BCUT2D eigenvalue weighted by molar-refractivity contribution is 0.102. The summed E-state index contributed by atoms with van der Waals surface area (Å²) in [5, 5.41) is 5.97. The van der Waals surface area contributed by atoms with Crippen LogP contribution in [-0.2, 0) is 0 Å². The lowest BCUT2D eigenvalue weighted by Crippen LogP contribution is -2.17. The molecule has 0 saturated carbocycles. The molecule has 2 heterocycles. The van der Waals surface area contributed by atoms with Crippen LogP contribution in [0.3, 0.4) is 0 Å². The number of aromatic nitrogens is 1. The molecular weight excluding hydrogens is 272 g/mol. The Morgan fingerprint density at radius 3 is 3.00 bits per heavy atom. The first-order valence-electron chi connectivity index (χ1n) is 5.97. The highest BCUT2D eigenvalue weighted by Gasteiger charge is 2.11. The van der Waals surface area contributed by atoms with Crippen molar-refractivity contribution >= 4 is 38.7 Å². The first-order chi connectivity index (χ1) is 9.78. The Morgan fingerprint density at radius 2 is 2.15 bits per heavy atom. The number of rotatable bonds is 3. The number of hydrogen-bond donors (Lipinski definition) is 3. The summed E-state index contributed by atoms with van der Waals surface area (Å²) in [5.41, 5.74) is 4.17. The average Bonchev–Trinajstić information content (AvgIpc) is 2.94. The smallest absolute Gasteiger partial charge is 0.259 e. The third kappa shape index (κ3) is 2.34. The highest BCUT2D eigenvalue weighted by atomic mass is 32.1. The lowest BCUT2D eigenvalue weighted by atomic mass is 10.2. The highest BCUT2D eigenvalue weighted by molar-refractivity contribution is 7.17. The zero-order valence-electron chi connectivity index (χ0n) is 10.5. The Morgan fingerprint density at radius 1 is 1.25 bits per heavy atom. The summed E-state index contributed by atoms with van der Waals surface area (Å²) in [7, 11) is 0. The normalized spacial score (nSPS) is 10.4. The molecular formula is C14H12N4OS. The van der Waals surface area contributed by atoms with E-state index in [2.05, 4.69) is 15.7 Å². The Hall–Kier alpha value is -2.44. The van der Waals surface area contributed by atoms with Crippen molar-refractivity contribution in [2.24, 2.45) is 5.84 Å². The maximum Gasteiger partial charge on any atom is 0.259 e. The third-order valence-electron chi connectivity index (χ3n) is 2.93. The number of hydrogen-bond acceptors (Lipinski definition) is 5. The number of pyridine rings is 1. The fraction of sp³-hybridized carbons (Fsp3) is 0. The van der Waals surface area contributed by atoms with Crippen LogP contribution < -0.4 is 16.6 Å². The predicted octanol–water partition coefficient (Wildman–Crippen LogP) is 2.83. The number of hydrazine groups is 1. The fourth-order valence-electron chi connectivity index (χ4n) is 1.94. The standard InChI is InChI=1S/C14H12N4OS/c15-18-12-3-5-16-8-11(12)14(19)17-10-1-2-13-9(7-10)4-6-20-13/h1-8H,15H2,(H,16,18)(H,17,19). The Bertz CT molecular complexity index is 768. The zero-order valence-corrected chi connectivity index (χ0v) is 11.3. The first-order valence-corrected chi connectivity index (χ1v) is 6.85. The summed E-state index contributed by atoms with van der Waals surface area (Å²) in [5.74, 6) is 5.14. The summed E-state index contributed by atoms with van der Waals surface area (Å²) >= 11 is 1.67. The molecule has 20 heavy (non-hydrogen) atoms. The lowest BCUT2D eigenvalue weighted by Gasteiger charge is -2.09. The van der Waals surface area contributed by atoms with Crippen LogP contribution in [0.25, 0.3) is 10.1 Å². The molecule has 3 aromatic rings. The van der Waals surface area contributed by atoms with Crippen LogP contribution >= 0.6 is 11.3 Å². The molecule has 0 aliphatic heterocycles. The van der Waals surface area contributed by atoms with E-state index in [1.165, 1.54) is 10.9 Å². The minimum absolute atomic E-state index is 0.249. The second-order valence-electron chi connectivity index (χ2n) is 4.19. The molecule has 2 aromatic heterocycles. The van der Waals surface area contributed by atoms with Crippen molar-refractivity contribution < 1.29 is 4.79 Å². The van der Waals surface area contributed by atoms with E-state index in [1.807, 2.05) is 29.6 Å². The van der Waals surface area contributed by atoms with Crippen molar-refractivity contribution in [3.63, 3.8) is 0 Å². The molecule has 0 bridgehead atoms. The van der Waals surface area contributed by atoms with E-state index in [0.717, 1.165) is 11.1 Å². The Balaban J connectivity index is 1.88. The van der Waals surface area contributed by atoms with Crippen LogP contribution in [0, 0.1) is 0 Å². The molecule has 0 atom stereocenters. The first kappa shape index (κ1) is 12.6. The maximum atomic E-state index is 12.2. The van der Waals surface area contributed by atoms with Crippen molar-refractivity contribution in [1.82, 2.24) is 4.98 Å². The molecule has 0 spiro atoms. The molecule has 0 aliphatic rings. The van der Waals surface area contributed by atoms with Crippen LogP contribution in [0.5, 0.6) is 0 Å². The van der Waals surface area contributed by atoms with Gasteiger partial charge in [-0.1, -0.05) is 0 Å². The van der Waals surface area contributed by atoms with Gasteiger partial charge in [0.05, 0.1) is 11.3 Å². The van der Waals surface area contributed by atoms with Crippen LogP contribution in [0.4, 0.5) is 11.4 Å². The number of nitrogens with two attached hydrogens (primary N) is 1. The van der Waals surface area contributed by atoms with Gasteiger partial charge in [0.15, 0.2) is 0 Å². The van der Waals surface area contributed by atoms with E-state index < -0.39 is 0 Å². The van der Waals surface area contributed by atoms with Gasteiger partial charge in [0.1, 0.15) is 0 Å². The van der Waals surface area contributed by atoms with E-state index in [-0.39, 0.29) is 5.91 Å². The van der Waals surface area contributed by atoms with E-state index in [4.69, 9.17) is 5.84 Å². The van der Waals surface area contributed by atoms with Crippen LogP contribution in [-0.4, -0.2) is 10.9 Å². The van der Waals surface area contributed by atoms with Gasteiger partial charge in [0.25, 0.3) is 5.91 Å². The number of benzene rings is 1. The molecule has 0 unspecified atom stereocenters. The van der Waals surface area contributed by atoms with Crippen molar-refractivity contribution in [2.75, 3.05) is 10.7 Å².